The van der Waals surface area contributed by atoms with E-state index in [1.165, 1.54) is 17.5 Å². The summed E-state index contributed by atoms with van der Waals surface area (Å²) in [6.45, 7) is 4.65. The Morgan fingerprint density at radius 2 is 1.79 bits per heavy atom. The van der Waals surface area contributed by atoms with Crippen LogP contribution < -0.4 is 10.2 Å². The smallest absolute Gasteiger partial charge is 0.229 e. The van der Waals surface area contributed by atoms with Crippen LogP contribution in [0.1, 0.15) is 48.9 Å². The topological polar surface area (TPSA) is 49.4 Å². The number of amides is 2. The molecule has 0 radical (unpaired) electrons. The minimum Gasteiger partial charge on any atom is -0.325 e. The minimum absolute atomic E-state index is 0.0394. The van der Waals surface area contributed by atoms with Gasteiger partial charge in [-0.05, 0) is 66.5 Å². The van der Waals surface area contributed by atoms with Gasteiger partial charge in [-0.25, -0.2) is 0 Å². The van der Waals surface area contributed by atoms with Crippen molar-refractivity contribution in [2.75, 3.05) is 16.8 Å². The van der Waals surface area contributed by atoms with Crippen molar-refractivity contribution < 1.29 is 9.59 Å². The maximum Gasteiger partial charge on any atom is 0.229 e. The predicted molar refractivity (Wildman–Crippen MR) is 113 cm³/mol. The van der Waals surface area contributed by atoms with E-state index in [0.717, 1.165) is 48.2 Å². The van der Waals surface area contributed by atoms with Gasteiger partial charge in [-0.3, -0.25) is 9.59 Å². The first-order valence-corrected chi connectivity index (χ1v) is 10.4. The lowest BCUT2D eigenvalue weighted by molar-refractivity contribution is -0.122. The van der Waals surface area contributed by atoms with Crippen LogP contribution in [0.2, 0.25) is 0 Å². The summed E-state index contributed by atoms with van der Waals surface area (Å²) in [6, 6.07) is 12.5. The van der Waals surface area contributed by atoms with Crippen molar-refractivity contribution in [2.45, 2.75) is 52.4 Å². The van der Waals surface area contributed by atoms with Crippen molar-refractivity contribution >= 4 is 23.2 Å². The van der Waals surface area contributed by atoms with Crippen LogP contribution in [0.15, 0.2) is 36.4 Å². The fourth-order valence-electron chi connectivity index (χ4n) is 4.49. The Balaban J connectivity index is 1.51. The fraction of sp³-hybridized carbons (Fsp3) is 0.417. The zero-order valence-corrected chi connectivity index (χ0v) is 16.8. The van der Waals surface area contributed by atoms with Crippen molar-refractivity contribution in [3.05, 3.63) is 58.7 Å². The highest BCUT2D eigenvalue weighted by Crippen LogP contribution is 2.31. The van der Waals surface area contributed by atoms with Gasteiger partial charge in [0.25, 0.3) is 0 Å². The van der Waals surface area contributed by atoms with Crippen molar-refractivity contribution in [3.8, 4) is 0 Å². The standard InChI is InChI=1S/C24H28N2O2/c1-3-16-7-5-8-17(4-2)23(16)25-24(28)20-14-22(27)26(15-20)21-12-11-18-9-6-10-19(18)13-21/h5,7-8,11-13,20H,3-4,6,9-10,14-15H2,1-2H3,(H,25,28). The number of benzene rings is 2. The van der Waals surface area contributed by atoms with Crippen LogP contribution in [0.5, 0.6) is 0 Å². The molecule has 1 saturated heterocycles. The van der Waals surface area contributed by atoms with E-state index in [0.29, 0.717) is 6.54 Å². The normalized spacial score (nSPS) is 18.4. The molecule has 4 rings (SSSR count). The van der Waals surface area contributed by atoms with Crippen molar-refractivity contribution in [3.63, 3.8) is 0 Å². The van der Waals surface area contributed by atoms with Gasteiger partial charge in [0.1, 0.15) is 0 Å². The lowest BCUT2D eigenvalue weighted by Gasteiger charge is -2.19. The summed E-state index contributed by atoms with van der Waals surface area (Å²) >= 11 is 0. The van der Waals surface area contributed by atoms with Crippen LogP contribution in [-0.2, 0) is 35.3 Å². The molecule has 0 spiro atoms. The Hall–Kier alpha value is -2.62. The number of rotatable bonds is 5. The maximum absolute atomic E-state index is 13.0. The minimum atomic E-state index is -0.310. The number of anilines is 2. The molecular formula is C24H28N2O2. The van der Waals surface area contributed by atoms with Crippen LogP contribution in [0.25, 0.3) is 0 Å². The average Bonchev–Trinajstić information content (AvgIpc) is 3.33. The first-order chi connectivity index (χ1) is 13.6. The molecule has 2 amide bonds. The van der Waals surface area contributed by atoms with Gasteiger partial charge in [-0.15, -0.1) is 0 Å². The first kappa shape index (κ1) is 18.7. The molecule has 4 nitrogen and oxygen atoms in total. The number of carbonyl (C=O) groups is 2. The zero-order valence-electron chi connectivity index (χ0n) is 16.8. The van der Waals surface area contributed by atoms with Gasteiger partial charge >= 0.3 is 0 Å². The van der Waals surface area contributed by atoms with Crippen LogP contribution >= 0.6 is 0 Å². The third kappa shape index (κ3) is 3.44. The number of fused-ring (bicyclic) bond motifs is 1. The van der Waals surface area contributed by atoms with Gasteiger partial charge in [0.15, 0.2) is 0 Å². The third-order valence-electron chi connectivity index (χ3n) is 6.14. The molecule has 1 fully saturated rings. The summed E-state index contributed by atoms with van der Waals surface area (Å²) in [5.74, 6) is -0.319. The molecule has 2 aromatic carbocycles. The van der Waals surface area contributed by atoms with Crippen LogP contribution in [0.3, 0.4) is 0 Å². The van der Waals surface area contributed by atoms with E-state index in [-0.39, 0.29) is 24.2 Å². The number of para-hydroxylation sites is 1. The molecule has 2 aliphatic rings. The number of hydrogen-bond acceptors (Lipinski definition) is 2. The summed E-state index contributed by atoms with van der Waals surface area (Å²) in [5.41, 5.74) is 6.90. The Kier molecular flexibility index (Phi) is 5.21. The highest BCUT2D eigenvalue weighted by atomic mass is 16.2. The first-order valence-electron chi connectivity index (χ1n) is 10.4. The maximum atomic E-state index is 13.0. The second-order valence-electron chi connectivity index (χ2n) is 7.86. The second kappa shape index (κ2) is 7.78. The Morgan fingerprint density at radius 1 is 1.07 bits per heavy atom. The molecule has 1 heterocycles. The summed E-state index contributed by atoms with van der Waals surface area (Å²) < 4.78 is 0. The summed E-state index contributed by atoms with van der Waals surface area (Å²) in [6.07, 6.45) is 5.42. The Bertz CT molecular complexity index is 897. The molecule has 146 valence electrons. The van der Waals surface area contributed by atoms with E-state index in [1.54, 1.807) is 4.90 Å². The molecule has 4 heteroatoms. The van der Waals surface area contributed by atoms with E-state index >= 15 is 0 Å². The molecule has 1 aliphatic heterocycles. The van der Waals surface area contributed by atoms with E-state index in [4.69, 9.17) is 0 Å². The zero-order chi connectivity index (χ0) is 19.7. The number of nitrogens with one attached hydrogen (secondary N) is 1. The largest absolute Gasteiger partial charge is 0.325 e. The van der Waals surface area contributed by atoms with E-state index in [2.05, 4.69) is 43.4 Å². The molecule has 1 unspecified atom stereocenters. The quantitative estimate of drug-likeness (QED) is 0.846. The Labute approximate surface area is 166 Å². The third-order valence-corrected chi connectivity index (χ3v) is 6.14. The van der Waals surface area contributed by atoms with Gasteiger partial charge in [0.2, 0.25) is 11.8 Å². The highest BCUT2D eigenvalue weighted by Gasteiger charge is 2.35. The second-order valence-corrected chi connectivity index (χ2v) is 7.86. The van der Waals surface area contributed by atoms with Crippen LogP contribution in [-0.4, -0.2) is 18.4 Å². The number of carbonyl (C=O) groups excluding carboxylic acids is 2. The Morgan fingerprint density at radius 3 is 2.50 bits per heavy atom. The molecule has 1 aliphatic carbocycles. The van der Waals surface area contributed by atoms with E-state index in [1.807, 2.05) is 12.1 Å². The number of aryl methyl sites for hydroxylation is 4. The van der Waals surface area contributed by atoms with Gasteiger partial charge in [0, 0.05) is 24.3 Å². The van der Waals surface area contributed by atoms with Crippen LogP contribution in [0, 0.1) is 5.92 Å². The van der Waals surface area contributed by atoms with Gasteiger partial charge < -0.3 is 10.2 Å². The summed E-state index contributed by atoms with van der Waals surface area (Å²) in [5, 5.41) is 3.14. The molecule has 0 saturated carbocycles. The average molecular weight is 377 g/mol. The molecule has 1 atom stereocenters. The molecule has 1 N–H and O–H groups in total. The van der Waals surface area contributed by atoms with Crippen molar-refractivity contribution in [1.29, 1.82) is 0 Å². The predicted octanol–water partition coefficient (Wildman–Crippen LogP) is 4.29. The lowest BCUT2D eigenvalue weighted by atomic mass is 10.0. The van der Waals surface area contributed by atoms with Gasteiger partial charge in [-0.1, -0.05) is 38.1 Å². The van der Waals surface area contributed by atoms with Crippen molar-refractivity contribution in [1.82, 2.24) is 0 Å². The van der Waals surface area contributed by atoms with E-state index < -0.39 is 0 Å². The molecular weight excluding hydrogens is 348 g/mol. The van der Waals surface area contributed by atoms with Gasteiger partial charge in [-0.2, -0.15) is 0 Å². The summed E-state index contributed by atoms with van der Waals surface area (Å²) in [4.78, 5) is 27.4. The number of hydrogen-bond donors (Lipinski definition) is 1. The highest BCUT2D eigenvalue weighted by molar-refractivity contribution is 6.04. The van der Waals surface area contributed by atoms with Gasteiger partial charge in [0.05, 0.1) is 5.92 Å². The van der Waals surface area contributed by atoms with Crippen molar-refractivity contribution in [2.24, 2.45) is 5.92 Å². The molecule has 0 bridgehead atoms. The SMILES string of the molecule is CCc1cccc(CC)c1NC(=O)C1CC(=O)N(c2ccc3c(c2)CCC3)C1. The number of nitrogens with zero attached hydrogens (tertiary/aromatic N) is 1. The fourth-order valence-corrected chi connectivity index (χ4v) is 4.49. The molecule has 0 aromatic heterocycles. The van der Waals surface area contributed by atoms with Crippen LogP contribution in [0.4, 0.5) is 11.4 Å². The van der Waals surface area contributed by atoms with E-state index in [9.17, 15) is 9.59 Å². The monoisotopic (exact) mass is 376 g/mol. The lowest BCUT2D eigenvalue weighted by Crippen LogP contribution is -2.28. The molecule has 28 heavy (non-hydrogen) atoms. The summed E-state index contributed by atoms with van der Waals surface area (Å²) in [7, 11) is 0. The molecule has 2 aromatic rings.